The van der Waals surface area contributed by atoms with E-state index in [0.717, 1.165) is 11.9 Å². The number of carbonyl (C=O) groups excluding carboxylic acids is 1. The fourth-order valence-electron chi connectivity index (χ4n) is 1.02. The van der Waals surface area contributed by atoms with E-state index >= 15 is 0 Å². The highest BCUT2D eigenvalue weighted by Crippen LogP contribution is 2.15. The summed E-state index contributed by atoms with van der Waals surface area (Å²) in [6, 6.07) is -0.932. The molecule has 0 saturated heterocycles. The number of hydrogen-bond acceptors (Lipinski definition) is 3. The standard InChI is InChI=1S/C9H15F3N2O3.ClH/c1-6(8(16)17)13(2)4-7(15)14(3)5-9(10,11)12;/h6H,4-5H2,1-3H3,(H,16,17);1H. The van der Waals surface area contributed by atoms with Crippen molar-refractivity contribution in [2.75, 3.05) is 27.2 Å². The molecule has 1 amide bonds. The summed E-state index contributed by atoms with van der Waals surface area (Å²) in [7, 11) is 2.38. The second kappa shape index (κ2) is 7.42. The van der Waals surface area contributed by atoms with Gasteiger partial charge in [0.1, 0.15) is 12.6 Å². The van der Waals surface area contributed by atoms with E-state index in [2.05, 4.69) is 0 Å². The molecule has 0 aromatic rings. The van der Waals surface area contributed by atoms with Crippen LogP contribution < -0.4 is 0 Å². The van der Waals surface area contributed by atoms with E-state index in [1.54, 1.807) is 0 Å². The minimum Gasteiger partial charge on any atom is -0.480 e. The van der Waals surface area contributed by atoms with Crippen molar-refractivity contribution < 1.29 is 27.9 Å². The first-order valence-electron chi connectivity index (χ1n) is 4.78. The van der Waals surface area contributed by atoms with Crippen LogP contribution in [0.2, 0.25) is 0 Å². The van der Waals surface area contributed by atoms with Gasteiger partial charge in [-0.2, -0.15) is 13.2 Å². The van der Waals surface area contributed by atoms with E-state index in [4.69, 9.17) is 5.11 Å². The Balaban J connectivity index is 0. The molecule has 0 aliphatic carbocycles. The summed E-state index contributed by atoms with van der Waals surface area (Å²) in [6.07, 6.45) is -4.46. The van der Waals surface area contributed by atoms with Crippen LogP contribution in [0.1, 0.15) is 6.92 Å². The predicted molar refractivity (Wildman–Crippen MR) is 60.7 cm³/mol. The predicted octanol–water partition coefficient (Wildman–Crippen LogP) is 0.834. The molecule has 0 fully saturated rings. The van der Waals surface area contributed by atoms with Crippen LogP contribution in [0.4, 0.5) is 13.2 Å². The summed E-state index contributed by atoms with van der Waals surface area (Å²) in [5.74, 6) is -1.92. The van der Waals surface area contributed by atoms with Gasteiger partial charge in [0.05, 0.1) is 6.54 Å². The van der Waals surface area contributed by atoms with Crippen molar-refractivity contribution in [3.63, 3.8) is 0 Å². The topological polar surface area (TPSA) is 60.9 Å². The number of carboxylic acid groups (broad SMARTS) is 1. The molecule has 0 radical (unpaired) electrons. The number of hydrogen-bond donors (Lipinski definition) is 1. The molecule has 1 atom stereocenters. The van der Waals surface area contributed by atoms with Crippen LogP contribution in [0.15, 0.2) is 0 Å². The number of likely N-dealkylation sites (N-methyl/N-ethyl adjacent to an activating group) is 2. The summed E-state index contributed by atoms with van der Waals surface area (Å²) < 4.78 is 36.0. The maximum atomic E-state index is 12.0. The van der Waals surface area contributed by atoms with E-state index in [-0.39, 0.29) is 19.0 Å². The molecule has 108 valence electrons. The van der Waals surface area contributed by atoms with Crippen molar-refractivity contribution in [1.82, 2.24) is 9.80 Å². The molecule has 0 rings (SSSR count). The van der Waals surface area contributed by atoms with E-state index < -0.39 is 30.6 Å². The maximum Gasteiger partial charge on any atom is 0.406 e. The minimum absolute atomic E-state index is 0. The van der Waals surface area contributed by atoms with Crippen molar-refractivity contribution >= 4 is 24.3 Å². The second-order valence-electron chi connectivity index (χ2n) is 3.79. The lowest BCUT2D eigenvalue weighted by Crippen LogP contribution is -2.45. The first-order valence-corrected chi connectivity index (χ1v) is 4.78. The van der Waals surface area contributed by atoms with E-state index in [9.17, 15) is 22.8 Å². The first kappa shape index (κ1) is 19.3. The number of aliphatic carboxylic acids is 1. The zero-order chi connectivity index (χ0) is 13.8. The van der Waals surface area contributed by atoms with Crippen LogP contribution in [0.5, 0.6) is 0 Å². The highest BCUT2D eigenvalue weighted by atomic mass is 35.5. The first-order chi connectivity index (χ1) is 7.54. The third kappa shape index (κ3) is 7.33. The molecule has 5 nitrogen and oxygen atoms in total. The molecule has 18 heavy (non-hydrogen) atoms. The van der Waals surface area contributed by atoms with Crippen molar-refractivity contribution in [3.05, 3.63) is 0 Å². The Morgan fingerprint density at radius 3 is 2.06 bits per heavy atom. The summed E-state index contributed by atoms with van der Waals surface area (Å²) in [4.78, 5) is 23.6. The summed E-state index contributed by atoms with van der Waals surface area (Å²) >= 11 is 0. The average molecular weight is 293 g/mol. The smallest absolute Gasteiger partial charge is 0.406 e. The SMILES string of the molecule is CC(C(=O)O)N(C)CC(=O)N(C)CC(F)(F)F.Cl. The van der Waals surface area contributed by atoms with E-state index in [1.807, 2.05) is 0 Å². The minimum atomic E-state index is -4.46. The number of rotatable bonds is 5. The van der Waals surface area contributed by atoms with E-state index in [1.165, 1.54) is 14.0 Å². The lowest BCUT2D eigenvalue weighted by molar-refractivity contribution is -0.159. The molecule has 1 N–H and O–H groups in total. The van der Waals surface area contributed by atoms with Crippen molar-refractivity contribution in [2.24, 2.45) is 0 Å². The molecule has 0 aliphatic rings. The molecule has 0 saturated carbocycles. The Morgan fingerprint density at radius 1 is 1.28 bits per heavy atom. The number of carboxylic acids is 1. The van der Waals surface area contributed by atoms with Crippen LogP contribution >= 0.6 is 12.4 Å². The number of halogens is 4. The van der Waals surface area contributed by atoms with Crippen molar-refractivity contribution in [1.29, 1.82) is 0 Å². The molecule has 0 spiro atoms. The molecule has 0 bridgehead atoms. The highest BCUT2D eigenvalue weighted by molar-refractivity contribution is 5.85. The highest BCUT2D eigenvalue weighted by Gasteiger charge is 2.31. The van der Waals surface area contributed by atoms with Gasteiger partial charge in [-0.25, -0.2) is 0 Å². The number of amides is 1. The molecule has 0 aromatic heterocycles. The van der Waals surface area contributed by atoms with Crippen LogP contribution in [0.25, 0.3) is 0 Å². The van der Waals surface area contributed by atoms with Gasteiger partial charge >= 0.3 is 12.1 Å². The normalized spacial score (nSPS) is 12.8. The van der Waals surface area contributed by atoms with Gasteiger partial charge in [0.15, 0.2) is 0 Å². The summed E-state index contributed by atoms with van der Waals surface area (Å²) in [5, 5.41) is 8.64. The lowest BCUT2D eigenvalue weighted by atomic mass is 10.3. The van der Waals surface area contributed by atoms with Crippen molar-refractivity contribution in [2.45, 2.75) is 19.1 Å². The van der Waals surface area contributed by atoms with Crippen LogP contribution in [-0.4, -0.2) is 66.2 Å². The molecule has 0 aliphatic heterocycles. The van der Waals surface area contributed by atoms with Gasteiger partial charge in [-0.15, -0.1) is 12.4 Å². The molecule has 9 heteroatoms. The Bertz CT molecular complexity index is 299. The molecule has 0 heterocycles. The van der Waals surface area contributed by atoms with Gasteiger partial charge in [0, 0.05) is 7.05 Å². The number of carbonyl (C=O) groups is 2. The quantitative estimate of drug-likeness (QED) is 0.815. The fraction of sp³-hybridized carbons (Fsp3) is 0.778. The lowest BCUT2D eigenvalue weighted by Gasteiger charge is -2.24. The van der Waals surface area contributed by atoms with Crippen LogP contribution in [0, 0.1) is 0 Å². The zero-order valence-corrected chi connectivity index (χ0v) is 11.0. The fourth-order valence-corrected chi connectivity index (χ4v) is 1.02. The zero-order valence-electron chi connectivity index (χ0n) is 10.2. The van der Waals surface area contributed by atoms with Gasteiger partial charge in [-0.3, -0.25) is 14.5 Å². The van der Waals surface area contributed by atoms with Gasteiger partial charge in [0.25, 0.3) is 0 Å². The summed E-state index contributed by atoms with van der Waals surface area (Å²) in [5.41, 5.74) is 0. The van der Waals surface area contributed by atoms with Gasteiger partial charge in [-0.05, 0) is 14.0 Å². The Hall–Kier alpha value is -1.02. The largest absolute Gasteiger partial charge is 0.480 e. The van der Waals surface area contributed by atoms with Gasteiger partial charge < -0.3 is 10.0 Å². The third-order valence-corrected chi connectivity index (χ3v) is 2.25. The molecule has 1 unspecified atom stereocenters. The molecule has 0 aromatic carbocycles. The Kier molecular flexibility index (Phi) is 7.97. The Morgan fingerprint density at radius 2 is 1.72 bits per heavy atom. The summed E-state index contributed by atoms with van der Waals surface area (Å²) in [6.45, 7) is -0.374. The van der Waals surface area contributed by atoms with E-state index in [0.29, 0.717) is 4.90 Å². The third-order valence-electron chi connectivity index (χ3n) is 2.25. The van der Waals surface area contributed by atoms with Gasteiger partial charge in [-0.1, -0.05) is 0 Å². The number of alkyl halides is 3. The molecular formula is C9H16ClF3N2O3. The monoisotopic (exact) mass is 292 g/mol. The number of nitrogens with zero attached hydrogens (tertiary/aromatic N) is 2. The Labute approximate surface area is 109 Å². The second-order valence-corrected chi connectivity index (χ2v) is 3.79. The van der Waals surface area contributed by atoms with Crippen LogP contribution in [0.3, 0.4) is 0 Å². The van der Waals surface area contributed by atoms with Crippen molar-refractivity contribution in [3.8, 4) is 0 Å². The van der Waals surface area contributed by atoms with Crippen LogP contribution in [-0.2, 0) is 9.59 Å². The average Bonchev–Trinajstić information content (AvgIpc) is 2.13. The maximum absolute atomic E-state index is 12.0. The van der Waals surface area contributed by atoms with Gasteiger partial charge in [0.2, 0.25) is 5.91 Å². The molecular weight excluding hydrogens is 277 g/mol.